The van der Waals surface area contributed by atoms with Gasteiger partial charge in [-0.3, -0.25) is 4.79 Å². The second-order valence-electron chi connectivity index (χ2n) is 7.06. The first kappa shape index (κ1) is 23.1. The number of ether oxygens (including phenoxy) is 4. The van der Waals surface area contributed by atoms with Crippen LogP contribution in [0.25, 0.3) is 0 Å². The van der Waals surface area contributed by atoms with E-state index in [0.717, 1.165) is 0 Å². The average Bonchev–Trinajstić information content (AvgIpc) is 2.73. The minimum absolute atomic E-state index is 0.277. The molecule has 1 atom stereocenters. The van der Waals surface area contributed by atoms with Crippen LogP contribution in [0.15, 0.2) is 42.5 Å². The number of amides is 1. The van der Waals surface area contributed by atoms with E-state index in [-0.39, 0.29) is 5.56 Å². The predicted molar refractivity (Wildman–Crippen MR) is 114 cm³/mol. The fraction of sp³-hybridized carbons (Fsp3) is 0.391. The third-order valence-electron chi connectivity index (χ3n) is 4.06. The van der Waals surface area contributed by atoms with Crippen molar-refractivity contribution >= 4 is 17.6 Å². The minimum Gasteiger partial charge on any atom is -0.497 e. The molecule has 2 rings (SSSR count). The number of carbonyl (C=O) groups is 2. The van der Waals surface area contributed by atoms with Gasteiger partial charge in [0.1, 0.15) is 5.75 Å². The maximum absolute atomic E-state index is 12.5. The zero-order valence-corrected chi connectivity index (χ0v) is 18.1. The van der Waals surface area contributed by atoms with Crippen LogP contribution in [0.4, 0.5) is 5.69 Å². The molecule has 0 radical (unpaired) electrons. The highest BCUT2D eigenvalue weighted by atomic mass is 16.5. The summed E-state index contributed by atoms with van der Waals surface area (Å²) in [6, 6.07) is 11.7. The molecular formula is C23H29NO6. The van der Waals surface area contributed by atoms with Gasteiger partial charge in [0.15, 0.2) is 17.6 Å². The first-order valence-electron chi connectivity index (χ1n) is 9.89. The molecule has 2 aromatic carbocycles. The average molecular weight is 415 g/mol. The van der Waals surface area contributed by atoms with Gasteiger partial charge in [0, 0.05) is 5.69 Å². The van der Waals surface area contributed by atoms with Gasteiger partial charge < -0.3 is 24.3 Å². The Labute approximate surface area is 177 Å². The van der Waals surface area contributed by atoms with Crippen molar-refractivity contribution in [2.45, 2.75) is 33.8 Å². The standard InChI is InChI=1S/C23H29NO6/c1-6-28-21-13-17(7-12-20(21)29-14-15(2)3)23(26)30-16(4)22(25)24-18-8-10-19(27-5)11-9-18/h7-13,15-16H,6,14H2,1-5H3,(H,24,25). The number of hydrogen-bond donors (Lipinski definition) is 1. The maximum Gasteiger partial charge on any atom is 0.339 e. The van der Waals surface area contributed by atoms with Gasteiger partial charge in [-0.15, -0.1) is 0 Å². The Balaban J connectivity index is 2.02. The highest BCUT2D eigenvalue weighted by Crippen LogP contribution is 2.29. The third kappa shape index (κ3) is 6.69. The van der Waals surface area contributed by atoms with Gasteiger partial charge >= 0.3 is 5.97 Å². The lowest BCUT2D eigenvalue weighted by Crippen LogP contribution is -2.30. The summed E-state index contributed by atoms with van der Waals surface area (Å²) in [7, 11) is 1.56. The van der Waals surface area contributed by atoms with Crippen LogP contribution in [0.5, 0.6) is 17.2 Å². The van der Waals surface area contributed by atoms with Gasteiger partial charge in [-0.1, -0.05) is 13.8 Å². The first-order chi connectivity index (χ1) is 14.3. The Morgan fingerprint density at radius 2 is 1.67 bits per heavy atom. The lowest BCUT2D eigenvalue weighted by Gasteiger charge is -2.16. The van der Waals surface area contributed by atoms with Crippen molar-refractivity contribution in [3.8, 4) is 17.2 Å². The summed E-state index contributed by atoms with van der Waals surface area (Å²) < 4.78 is 21.7. The smallest absolute Gasteiger partial charge is 0.339 e. The highest BCUT2D eigenvalue weighted by molar-refractivity contribution is 5.97. The molecule has 1 amide bonds. The molecule has 0 saturated heterocycles. The van der Waals surface area contributed by atoms with Crippen molar-refractivity contribution in [3.63, 3.8) is 0 Å². The van der Waals surface area contributed by atoms with Crippen LogP contribution >= 0.6 is 0 Å². The van der Waals surface area contributed by atoms with E-state index in [1.807, 2.05) is 20.8 Å². The van der Waals surface area contributed by atoms with Crippen molar-refractivity contribution < 1.29 is 28.5 Å². The van der Waals surface area contributed by atoms with Crippen LogP contribution in [0.3, 0.4) is 0 Å². The molecule has 0 aliphatic heterocycles. The van der Waals surface area contributed by atoms with Gasteiger partial charge in [0.05, 0.1) is 25.9 Å². The molecule has 30 heavy (non-hydrogen) atoms. The van der Waals surface area contributed by atoms with Crippen LogP contribution in [0.1, 0.15) is 38.1 Å². The number of nitrogens with one attached hydrogen (secondary N) is 1. The molecule has 0 fully saturated rings. The molecule has 0 aromatic heterocycles. The second kappa shape index (κ2) is 11.1. The molecule has 1 unspecified atom stereocenters. The van der Waals surface area contributed by atoms with Gasteiger partial charge in [-0.05, 0) is 62.2 Å². The molecule has 0 bridgehead atoms. The van der Waals surface area contributed by atoms with E-state index in [1.165, 1.54) is 6.92 Å². The Kier molecular flexibility index (Phi) is 8.53. The fourth-order valence-electron chi connectivity index (χ4n) is 2.48. The highest BCUT2D eigenvalue weighted by Gasteiger charge is 2.20. The molecule has 0 heterocycles. The second-order valence-corrected chi connectivity index (χ2v) is 7.06. The molecule has 162 valence electrons. The summed E-state index contributed by atoms with van der Waals surface area (Å²) in [5.41, 5.74) is 0.855. The van der Waals surface area contributed by atoms with Crippen molar-refractivity contribution in [1.29, 1.82) is 0 Å². The summed E-state index contributed by atoms with van der Waals surface area (Å²) in [5.74, 6) is 1.00. The number of benzene rings is 2. The van der Waals surface area contributed by atoms with E-state index in [9.17, 15) is 9.59 Å². The summed E-state index contributed by atoms with van der Waals surface area (Å²) in [5, 5.41) is 2.70. The molecule has 1 N–H and O–H groups in total. The minimum atomic E-state index is -0.980. The van der Waals surface area contributed by atoms with Crippen LogP contribution < -0.4 is 19.5 Å². The van der Waals surface area contributed by atoms with E-state index in [1.54, 1.807) is 49.6 Å². The van der Waals surface area contributed by atoms with Gasteiger partial charge in [0.25, 0.3) is 5.91 Å². The molecule has 0 spiro atoms. The number of rotatable bonds is 10. The van der Waals surface area contributed by atoms with Gasteiger partial charge in [0.2, 0.25) is 0 Å². The molecule has 0 aliphatic rings. The van der Waals surface area contributed by atoms with Gasteiger partial charge in [-0.2, -0.15) is 0 Å². The normalized spacial score (nSPS) is 11.5. The number of methoxy groups -OCH3 is 1. The van der Waals surface area contributed by atoms with Crippen LogP contribution in [-0.4, -0.2) is 38.3 Å². The molecule has 7 heteroatoms. The van der Waals surface area contributed by atoms with Crippen LogP contribution in [0.2, 0.25) is 0 Å². The largest absolute Gasteiger partial charge is 0.497 e. The number of esters is 1. The number of hydrogen-bond acceptors (Lipinski definition) is 6. The maximum atomic E-state index is 12.5. The van der Waals surface area contributed by atoms with E-state index in [2.05, 4.69) is 5.32 Å². The summed E-state index contributed by atoms with van der Waals surface area (Å²) in [6.07, 6.45) is -0.980. The lowest BCUT2D eigenvalue weighted by molar-refractivity contribution is -0.123. The molecule has 7 nitrogen and oxygen atoms in total. The molecule has 0 saturated carbocycles. The molecular weight excluding hydrogens is 386 g/mol. The Hall–Kier alpha value is -3.22. The predicted octanol–water partition coefficient (Wildman–Crippen LogP) is 4.31. The topological polar surface area (TPSA) is 83.1 Å². The number of carbonyl (C=O) groups excluding carboxylic acids is 2. The zero-order valence-electron chi connectivity index (χ0n) is 18.1. The third-order valence-corrected chi connectivity index (χ3v) is 4.06. The van der Waals surface area contributed by atoms with E-state index < -0.39 is 18.0 Å². The first-order valence-corrected chi connectivity index (χ1v) is 9.89. The van der Waals surface area contributed by atoms with Crippen LogP contribution in [-0.2, 0) is 9.53 Å². The number of anilines is 1. The zero-order chi connectivity index (χ0) is 22.1. The summed E-state index contributed by atoms with van der Waals surface area (Å²) in [6.45, 7) is 8.42. The van der Waals surface area contributed by atoms with Crippen molar-refractivity contribution in [2.24, 2.45) is 5.92 Å². The molecule has 0 aliphatic carbocycles. The van der Waals surface area contributed by atoms with Gasteiger partial charge in [-0.25, -0.2) is 4.79 Å². The van der Waals surface area contributed by atoms with E-state index in [0.29, 0.717) is 42.1 Å². The lowest BCUT2D eigenvalue weighted by atomic mass is 10.2. The fourth-order valence-corrected chi connectivity index (χ4v) is 2.48. The summed E-state index contributed by atoms with van der Waals surface area (Å²) >= 11 is 0. The van der Waals surface area contributed by atoms with E-state index >= 15 is 0 Å². The van der Waals surface area contributed by atoms with Crippen molar-refractivity contribution in [2.75, 3.05) is 25.6 Å². The Morgan fingerprint density at radius 1 is 0.967 bits per heavy atom. The van der Waals surface area contributed by atoms with Crippen molar-refractivity contribution in [1.82, 2.24) is 0 Å². The summed E-state index contributed by atoms with van der Waals surface area (Å²) in [4.78, 5) is 24.9. The monoisotopic (exact) mass is 415 g/mol. The quantitative estimate of drug-likeness (QED) is 0.582. The molecule has 2 aromatic rings. The Bertz CT molecular complexity index is 847. The SMILES string of the molecule is CCOc1cc(C(=O)OC(C)C(=O)Nc2ccc(OC)cc2)ccc1OCC(C)C. The Morgan fingerprint density at radius 3 is 2.27 bits per heavy atom. The van der Waals surface area contributed by atoms with Crippen LogP contribution in [0, 0.1) is 5.92 Å². The van der Waals surface area contributed by atoms with E-state index in [4.69, 9.17) is 18.9 Å². The van der Waals surface area contributed by atoms with Crippen molar-refractivity contribution in [3.05, 3.63) is 48.0 Å².